The maximum absolute atomic E-state index is 5.78. The van der Waals surface area contributed by atoms with Gasteiger partial charge >= 0.3 is 0 Å². The molecule has 1 aromatic carbocycles. The molecule has 2 N–H and O–H groups in total. The Morgan fingerprint density at radius 3 is 2.82 bits per heavy atom. The summed E-state index contributed by atoms with van der Waals surface area (Å²) in [6.45, 7) is 5.22. The largest absolute Gasteiger partial charge is 0.330 e. The van der Waals surface area contributed by atoms with Gasteiger partial charge in [-0.25, -0.2) is 0 Å². The number of halogens is 1. The molecule has 1 aromatic heterocycles. The third kappa shape index (κ3) is 2.90. The van der Waals surface area contributed by atoms with Crippen molar-refractivity contribution >= 4 is 37.4 Å². The number of hydrogen-bond acceptors (Lipinski definition) is 2. The van der Waals surface area contributed by atoms with E-state index in [1.807, 2.05) is 11.3 Å². The van der Waals surface area contributed by atoms with E-state index in [1.165, 1.54) is 20.1 Å². The van der Waals surface area contributed by atoms with Gasteiger partial charge < -0.3 is 5.73 Å². The Hall–Kier alpha value is -0.380. The van der Waals surface area contributed by atoms with Gasteiger partial charge in [0.25, 0.3) is 0 Å². The number of benzene rings is 1. The van der Waals surface area contributed by atoms with Crippen LogP contribution in [0.15, 0.2) is 28.1 Å². The van der Waals surface area contributed by atoms with E-state index in [2.05, 4.69) is 53.4 Å². The van der Waals surface area contributed by atoms with Crippen molar-refractivity contribution < 1.29 is 0 Å². The molecule has 3 heteroatoms. The minimum atomic E-state index is 0.236. The zero-order valence-corrected chi connectivity index (χ0v) is 12.7. The van der Waals surface area contributed by atoms with E-state index in [-0.39, 0.29) is 5.41 Å². The van der Waals surface area contributed by atoms with E-state index in [4.69, 9.17) is 5.73 Å². The number of nitrogens with two attached hydrogens (primary N) is 1. The molecule has 0 bridgehead atoms. The first-order valence-electron chi connectivity index (χ1n) is 5.88. The van der Waals surface area contributed by atoms with Crippen LogP contribution in [0.2, 0.25) is 0 Å². The average Bonchev–Trinajstić information content (AvgIpc) is 2.71. The third-order valence-corrected chi connectivity index (χ3v) is 5.26. The Labute approximate surface area is 115 Å². The Bertz CT molecular complexity index is 516. The standard InChI is InChI=1S/C14H18BrNS/c1-14(2,9-16)7-6-10-8-17-13-11(10)4-3-5-12(13)15/h3-5,8H,6-7,9,16H2,1-2H3. The molecular weight excluding hydrogens is 294 g/mol. The van der Waals surface area contributed by atoms with Crippen molar-refractivity contribution in [2.24, 2.45) is 11.1 Å². The number of aryl methyl sites for hydroxylation is 1. The number of rotatable bonds is 4. The molecule has 2 rings (SSSR count). The van der Waals surface area contributed by atoms with Crippen LogP contribution in [-0.4, -0.2) is 6.54 Å². The highest BCUT2D eigenvalue weighted by molar-refractivity contribution is 9.10. The van der Waals surface area contributed by atoms with E-state index >= 15 is 0 Å². The molecule has 0 amide bonds. The second-order valence-electron chi connectivity index (χ2n) is 5.25. The van der Waals surface area contributed by atoms with Gasteiger partial charge in [-0.2, -0.15) is 0 Å². The van der Waals surface area contributed by atoms with Gasteiger partial charge in [0.05, 0.1) is 0 Å². The fourth-order valence-corrected chi connectivity index (χ4v) is 3.50. The first-order valence-corrected chi connectivity index (χ1v) is 7.55. The number of thiophene rings is 1. The molecule has 1 heterocycles. The second kappa shape index (κ2) is 5.09. The first kappa shape index (κ1) is 13.1. The summed E-state index contributed by atoms with van der Waals surface area (Å²) >= 11 is 5.43. The molecule has 0 radical (unpaired) electrons. The Kier molecular flexibility index (Phi) is 3.91. The number of hydrogen-bond donors (Lipinski definition) is 1. The topological polar surface area (TPSA) is 26.0 Å². The monoisotopic (exact) mass is 311 g/mol. The quantitative estimate of drug-likeness (QED) is 0.878. The molecule has 1 nitrogen and oxygen atoms in total. The normalized spacial score (nSPS) is 12.2. The van der Waals surface area contributed by atoms with E-state index < -0.39 is 0 Å². The highest BCUT2D eigenvalue weighted by atomic mass is 79.9. The molecule has 0 saturated carbocycles. The van der Waals surface area contributed by atoms with Crippen LogP contribution in [0.25, 0.3) is 10.1 Å². The van der Waals surface area contributed by atoms with Gasteiger partial charge in [0.15, 0.2) is 0 Å². The zero-order valence-electron chi connectivity index (χ0n) is 10.3. The molecular formula is C14H18BrNS. The minimum Gasteiger partial charge on any atom is -0.330 e. The molecule has 0 unspecified atom stereocenters. The zero-order chi connectivity index (χ0) is 12.5. The molecule has 0 fully saturated rings. The van der Waals surface area contributed by atoms with Gasteiger partial charge in [-0.15, -0.1) is 11.3 Å². The third-order valence-electron chi connectivity index (χ3n) is 3.26. The molecule has 17 heavy (non-hydrogen) atoms. The molecule has 0 saturated heterocycles. The highest BCUT2D eigenvalue weighted by Crippen LogP contribution is 2.34. The molecule has 2 aromatic rings. The van der Waals surface area contributed by atoms with Gasteiger partial charge in [0, 0.05) is 9.17 Å². The van der Waals surface area contributed by atoms with Crippen LogP contribution in [0.5, 0.6) is 0 Å². The summed E-state index contributed by atoms with van der Waals surface area (Å²) in [5.74, 6) is 0. The number of fused-ring (bicyclic) bond motifs is 1. The summed E-state index contributed by atoms with van der Waals surface area (Å²) in [5, 5.41) is 3.67. The van der Waals surface area contributed by atoms with Crippen LogP contribution in [-0.2, 0) is 6.42 Å². The van der Waals surface area contributed by atoms with Crippen molar-refractivity contribution in [1.82, 2.24) is 0 Å². The second-order valence-corrected chi connectivity index (χ2v) is 6.98. The van der Waals surface area contributed by atoms with Crippen LogP contribution in [0.3, 0.4) is 0 Å². The predicted molar refractivity (Wildman–Crippen MR) is 80.7 cm³/mol. The van der Waals surface area contributed by atoms with E-state index in [1.54, 1.807) is 0 Å². The molecule has 92 valence electrons. The van der Waals surface area contributed by atoms with Crippen LogP contribution in [0.4, 0.5) is 0 Å². The van der Waals surface area contributed by atoms with Gasteiger partial charge in [0.2, 0.25) is 0 Å². The van der Waals surface area contributed by atoms with Crippen LogP contribution < -0.4 is 5.73 Å². The first-order chi connectivity index (χ1) is 8.03. The average molecular weight is 312 g/mol. The lowest BCUT2D eigenvalue weighted by molar-refractivity contribution is 0.348. The predicted octanol–water partition coefficient (Wildman–Crippen LogP) is 4.58. The molecule has 0 spiro atoms. The van der Waals surface area contributed by atoms with Crippen LogP contribution in [0, 0.1) is 5.41 Å². The van der Waals surface area contributed by atoms with E-state index in [9.17, 15) is 0 Å². The molecule has 0 aliphatic rings. The minimum absolute atomic E-state index is 0.236. The van der Waals surface area contributed by atoms with Crippen molar-refractivity contribution in [3.63, 3.8) is 0 Å². The van der Waals surface area contributed by atoms with Gasteiger partial charge in [0.1, 0.15) is 0 Å². The Balaban J connectivity index is 2.23. The molecule has 0 aliphatic carbocycles. The van der Waals surface area contributed by atoms with Crippen molar-refractivity contribution in [2.45, 2.75) is 26.7 Å². The lowest BCUT2D eigenvalue weighted by Crippen LogP contribution is -2.23. The maximum Gasteiger partial charge on any atom is 0.0487 e. The summed E-state index contributed by atoms with van der Waals surface area (Å²) < 4.78 is 2.55. The van der Waals surface area contributed by atoms with Crippen molar-refractivity contribution in [2.75, 3.05) is 6.54 Å². The van der Waals surface area contributed by atoms with Gasteiger partial charge in [-0.3, -0.25) is 0 Å². The van der Waals surface area contributed by atoms with E-state index in [0.717, 1.165) is 19.4 Å². The van der Waals surface area contributed by atoms with Crippen molar-refractivity contribution in [3.8, 4) is 0 Å². The smallest absolute Gasteiger partial charge is 0.0487 e. The highest BCUT2D eigenvalue weighted by Gasteiger charge is 2.16. The van der Waals surface area contributed by atoms with Crippen LogP contribution in [0.1, 0.15) is 25.8 Å². The Morgan fingerprint density at radius 1 is 1.35 bits per heavy atom. The van der Waals surface area contributed by atoms with E-state index in [0.29, 0.717) is 0 Å². The van der Waals surface area contributed by atoms with Gasteiger partial charge in [-0.05, 0) is 63.1 Å². The fourth-order valence-electron chi connectivity index (χ4n) is 1.84. The molecule has 0 atom stereocenters. The SMILES string of the molecule is CC(C)(CN)CCc1csc2c(Br)cccc12. The van der Waals surface area contributed by atoms with Crippen molar-refractivity contribution in [1.29, 1.82) is 0 Å². The summed E-state index contributed by atoms with van der Waals surface area (Å²) in [6, 6.07) is 6.42. The van der Waals surface area contributed by atoms with Crippen LogP contribution >= 0.6 is 27.3 Å². The van der Waals surface area contributed by atoms with Crippen molar-refractivity contribution in [3.05, 3.63) is 33.6 Å². The lowest BCUT2D eigenvalue weighted by Gasteiger charge is -2.21. The summed E-state index contributed by atoms with van der Waals surface area (Å²) in [7, 11) is 0. The van der Waals surface area contributed by atoms with Gasteiger partial charge in [-0.1, -0.05) is 26.0 Å². The summed E-state index contributed by atoms with van der Waals surface area (Å²) in [4.78, 5) is 0. The lowest BCUT2D eigenvalue weighted by atomic mass is 9.86. The fraction of sp³-hybridized carbons (Fsp3) is 0.429. The molecule has 0 aliphatic heterocycles. The summed E-state index contributed by atoms with van der Waals surface area (Å²) in [5.41, 5.74) is 7.47. The summed E-state index contributed by atoms with van der Waals surface area (Å²) in [6.07, 6.45) is 2.25. The Morgan fingerprint density at radius 2 is 2.12 bits per heavy atom. The maximum atomic E-state index is 5.78.